The molecule has 30 heavy (non-hydrogen) atoms. The molecule has 156 valence electrons. The second-order valence-corrected chi connectivity index (χ2v) is 9.88. The van der Waals surface area contributed by atoms with E-state index in [2.05, 4.69) is 45.9 Å². The van der Waals surface area contributed by atoms with Gasteiger partial charge in [-0.15, -0.1) is 0 Å². The van der Waals surface area contributed by atoms with Gasteiger partial charge in [-0.3, -0.25) is 4.79 Å². The van der Waals surface area contributed by atoms with Crippen LogP contribution in [0.1, 0.15) is 89.9 Å². The average molecular weight is 403 g/mol. The molecule has 0 unspecified atom stereocenters. The summed E-state index contributed by atoms with van der Waals surface area (Å²) in [5.41, 5.74) is 7.26. The minimum absolute atomic E-state index is 0.0141. The SMILES string of the molecule is COC(=O)c1ccc(C(=O)C2=CCCc3cc4c(cc32)C(C)(C)CCC4(C)C)cc1. The van der Waals surface area contributed by atoms with E-state index in [9.17, 15) is 9.59 Å². The summed E-state index contributed by atoms with van der Waals surface area (Å²) in [6.07, 6.45) is 6.24. The molecular formula is C27H30O3. The summed E-state index contributed by atoms with van der Waals surface area (Å²) in [4.78, 5) is 25.1. The molecule has 0 saturated carbocycles. The van der Waals surface area contributed by atoms with E-state index in [4.69, 9.17) is 4.74 Å². The van der Waals surface area contributed by atoms with E-state index >= 15 is 0 Å². The second kappa shape index (κ2) is 7.23. The van der Waals surface area contributed by atoms with Crippen LogP contribution in [0.3, 0.4) is 0 Å². The Kier molecular flexibility index (Phi) is 4.96. The molecule has 2 aromatic carbocycles. The highest BCUT2D eigenvalue weighted by molar-refractivity contribution is 6.29. The van der Waals surface area contributed by atoms with Crippen LogP contribution in [0.25, 0.3) is 5.57 Å². The molecule has 0 amide bonds. The Labute approximate surface area is 179 Å². The summed E-state index contributed by atoms with van der Waals surface area (Å²) >= 11 is 0. The maximum Gasteiger partial charge on any atom is 0.337 e. The van der Waals surface area contributed by atoms with E-state index in [1.54, 1.807) is 24.3 Å². The number of allylic oxidation sites excluding steroid dienone is 2. The van der Waals surface area contributed by atoms with Gasteiger partial charge < -0.3 is 4.74 Å². The van der Waals surface area contributed by atoms with Crippen molar-refractivity contribution < 1.29 is 14.3 Å². The minimum atomic E-state index is -0.396. The lowest BCUT2D eigenvalue weighted by molar-refractivity contribution is 0.0600. The van der Waals surface area contributed by atoms with Crippen LogP contribution in [-0.2, 0) is 22.0 Å². The highest BCUT2D eigenvalue weighted by atomic mass is 16.5. The van der Waals surface area contributed by atoms with Crippen LogP contribution < -0.4 is 0 Å². The molecule has 0 N–H and O–H groups in total. The Hall–Kier alpha value is -2.68. The van der Waals surface area contributed by atoms with E-state index in [0.29, 0.717) is 11.1 Å². The first-order valence-electron chi connectivity index (χ1n) is 10.8. The number of fused-ring (bicyclic) bond motifs is 2. The largest absolute Gasteiger partial charge is 0.465 e. The molecule has 0 radical (unpaired) electrons. The van der Waals surface area contributed by atoms with E-state index < -0.39 is 5.97 Å². The van der Waals surface area contributed by atoms with Crippen molar-refractivity contribution in [3.05, 3.63) is 75.9 Å². The number of ether oxygens (including phenoxy) is 1. The van der Waals surface area contributed by atoms with Crippen LogP contribution in [0.4, 0.5) is 0 Å². The Bertz CT molecular complexity index is 1050. The number of Topliss-reactive ketones (excluding diaryl/α,β-unsaturated/α-hetero) is 1. The lowest BCUT2D eigenvalue weighted by Crippen LogP contribution is -2.34. The fraction of sp³-hybridized carbons (Fsp3) is 0.407. The molecule has 2 aliphatic rings. The lowest BCUT2D eigenvalue weighted by atomic mass is 9.62. The molecule has 3 heteroatoms. The number of rotatable bonds is 3. The van der Waals surface area contributed by atoms with Gasteiger partial charge in [-0.25, -0.2) is 4.79 Å². The number of hydrogen-bond acceptors (Lipinski definition) is 3. The number of aryl methyl sites for hydroxylation is 1. The van der Waals surface area contributed by atoms with Gasteiger partial charge >= 0.3 is 5.97 Å². The first-order chi connectivity index (χ1) is 14.1. The fourth-order valence-electron chi connectivity index (χ4n) is 4.84. The molecular weight excluding hydrogens is 372 g/mol. The predicted octanol–water partition coefficient (Wildman–Crippen LogP) is 6.03. The van der Waals surface area contributed by atoms with Gasteiger partial charge in [-0.05, 0) is 77.0 Å². The summed E-state index contributed by atoms with van der Waals surface area (Å²) in [6.45, 7) is 9.29. The Balaban J connectivity index is 1.76. The number of ketones is 1. The third-order valence-electron chi connectivity index (χ3n) is 6.94. The van der Waals surface area contributed by atoms with Crippen LogP contribution in [0, 0.1) is 0 Å². The third kappa shape index (κ3) is 3.40. The first-order valence-corrected chi connectivity index (χ1v) is 10.8. The van der Waals surface area contributed by atoms with Crippen molar-refractivity contribution in [1.82, 2.24) is 0 Å². The summed E-state index contributed by atoms with van der Waals surface area (Å²) in [7, 11) is 1.36. The summed E-state index contributed by atoms with van der Waals surface area (Å²) in [5.74, 6) is -0.382. The lowest BCUT2D eigenvalue weighted by Gasteiger charge is -2.43. The van der Waals surface area contributed by atoms with Gasteiger partial charge in [0.05, 0.1) is 12.7 Å². The van der Waals surface area contributed by atoms with Crippen molar-refractivity contribution >= 4 is 17.3 Å². The molecule has 0 heterocycles. The van der Waals surface area contributed by atoms with E-state index in [1.165, 1.54) is 30.2 Å². The molecule has 0 saturated heterocycles. The van der Waals surface area contributed by atoms with Gasteiger partial charge in [0, 0.05) is 11.1 Å². The summed E-state index contributed by atoms with van der Waals surface area (Å²) in [5, 5.41) is 0. The molecule has 2 aromatic rings. The van der Waals surface area contributed by atoms with Gasteiger partial charge in [-0.1, -0.05) is 52.0 Å². The van der Waals surface area contributed by atoms with Crippen molar-refractivity contribution in [2.45, 2.75) is 64.2 Å². The number of methoxy groups -OCH3 is 1. The number of esters is 1. The Morgan fingerprint density at radius 3 is 2.03 bits per heavy atom. The molecule has 0 aliphatic heterocycles. The maximum absolute atomic E-state index is 13.4. The van der Waals surface area contributed by atoms with E-state index in [0.717, 1.165) is 30.4 Å². The molecule has 0 fully saturated rings. The predicted molar refractivity (Wildman–Crippen MR) is 120 cm³/mol. The van der Waals surface area contributed by atoms with Gasteiger partial charge in [0.1, 0.15) is 0 Å². The molecule has 0 spiro atoms. The van der Waals surface area contributed by atoms with Gasteiger partial charge in [0.2, 0.25) is 0 Å². The van der Waals surface area contributed by atoms with E-state index in [-0.39, 0.29) is 16.6 Å². The van der Waals surface area contributed by atoms with Crippen molar-refractivity contribution in [2.24, 2.45) is 0 Å². The fourth-order valence-corrected chi connectivity index (χ4v) is 4.84. The molecule has 3 nitrogen and oxygen atoms in total. The number of hydrogen-bond donors (Lipinski definition) is 0. The first kappa shape index (κ1) is 20.6. The summed E-state index contributed by atoms with van der Waals surface area (Å²) < 4.78 is 4.75. The average Bonchev–Trinajstić information content (AvgIpc) is 2.75. The van der Waals surface area contributed by atoms with Crippen LogP contribution in [-0.4, -0.2) is 18.9 Å². The monoisotopic (exact) mass is 402 g/mol. The third-order valence-corrected chi connectivity index (χ3v) is 6.94. The smallest absolute Gasteiger partial charge is 0.337 e. The van der Waals surface area contributed by atoms with E-state index in [1.807, 2.05) is 0 Å². The van der Waals surface area contributed by atoms with Crippen LogP contribution in [0.2, 0.25) is 0 Å². The summed E-state index contributed by atoms with van der Waals surface area (Å²) in [6, 6.07) is 11.4. The van der Waals surface area contributed by atoms with Crippen molar-refractivity contribution in [2.75, 3.05) is 7.11 Å². The highest BCUT2D eigenvalue weighted by Crippen LogP contribution is 2.48. The van der Waals surface area contributed by atoms with Crippen LogP contribution in [0.5, 0.6) is 0 Å². The quantitative estimate of drug-likeness (QED) is 0.465. The maximum atomic E-state index is 13.4. The standard InChI is InChI=1S/C27H30O3/c1-26(2)13-14-27(3,4)23-16-21-19(15-22(23)26)7-6-8-20(21)24(28)17-9-11-18(12-10-17)25(29)30-5/h8-12,15-16H,6-7,13-14H2,1-5H3. The molecule has 2 aliphatic carbocycles. The zero-order valence-electron chi connectivity index (χ0n) is 18.6. The van der Waals surface area contributed by atoms with Crippen molar-refractivity contribution in [1.29, 1.82) is 0 Å². The zero-order chi connectivity index (χ0) is 21.7. The molecule has 0 atom stereocenters. The highest BCUT2D eigenvalue weighted by Gasteiger charge is 2.38. The van der Waals surface area contributed by atoms with Gasteiger partial charge in [0.15, 0.2) is 5.78 Å². The minimum Gasteiger partial charge on any atom is -0.465 e. The Morgan fingerprint density at radius 1 is 0.867 bits per heavy atom. The number of carbonyl (C=O) groups excluding carboxylic acids is 2. The second-order valence-electron chi connectivity index (χ2n) is 9.88. The number of carbonyl (C=O) groups is 2. The number of benzene rings is 2. The van der Waals surface area contributed by atoms with Gasteiger partial charge in [0.25, 0.3) is 0 Å². The van der Waals surface area contributed by atoms with Crippen molar-refractivity contribution in [3.63, 3.8) is 0 Å². The van der Waals surface area contributed by atoms with Crippen molar-refractivity contribution in [3.8, 4) is 0 Å². The Morgan fingerprint density at radius 2 is 1.43 bits per heavy atom. The van der Waals surface area contributed by atoms with Gasteiger partial charge in [-0.2, -0.15) is 0 Å². The topological polar surface area (TPSA) is 43.4 Å². The normalized spacial score (nSPS) is 18.6. The zero-order valence-corrected chi connectivity index (χ0v) is 18.6. The van der Waals surface area contributed by atoms with Crippen LogP contribution >= 0.6 is 0 Å². The molecule has 0 aromatic heterocycles. The molecule has 0 bridgehead atoms. The van der Waals surface area contributed by atoms with Crippen LogP contribution in [0.15, 0.2) is 42.5 Å². The molecule has 4 rings (SSSR count).